The van der Waals surface area contributed by atoms with Crippen LogP contribution in [0.3, 0.4) is 0 Å². The van der Waals surface area contributed by atoms with Gasteiger partial charge in [0.15, 0.2) is 0 Å². The van der Waals surface area contributed by atoms with Crippen LogP contribution in [0, 0.1) is 0 Å². The quantitative estimate of drug-likeness (QED) is 0.571. The second-order valence-electron chi connectivity index (χ2n) is 8.11. The molecule has 6 heteroatoms. The van der Waals surface area contributed by atoms with E-state index >= 15 is 0 Å². The zero-order valence-electron chi connectivity index (χ0n) is 16.9. The van der Waals surface area contributed by atoms with E-state index in [1.165, 1.54) is 24.6 Å². The van der Waals surface area contributed by atoms with Crippen molar-refractivity contribution in [2.45, 2.75) is 44.4 Å². The van der Waals surface area contributed by atoms with Crippen molar-refractivity contribution in [3.63, 3.8) is 0 Å². The molecule has 0 atom stereocenters. The molecule has 29 heavy (non-hydrogen) atoms. The van der Waals surface area contributed by atoms with Crippen molar-refractivity contribution in [1.82, 2.24) is 9.55 Å². The lowest BCUT2D eigenvalue weighted by Crippen LogP contribution is -2.19. The second-order valence-corrected chi connectivity index (χ2v) is 8.11. The van der Waals surface area contributed by atoms with Gasteiger partial charge in [0.1, 0.15) is 5.56 Å². The first-order valence-electron chi connectivity index (χ1n) is 10.2. The predicted molar refractivity (Wildman–Crippen MR) is 115 cm³/mol. The normalized spacial score (nSPS) is 15.0. The number of benzene rings is 1. The number of nitrogens with one attached hydrogen (secondary N) is 1. The average molecular weight is 393 g/mol. The predicted octanol–water partition coefficient (Wildman–Crippen LogP) is 3.56. The summed E-state index contributed by atoms with van der Waals surface area (Å²) >= 11 is 0. The van der Waals surface area contributed by atoms with E-state index in [0.717, 1.165) is 41.4 Å². The molecule has 3 aromatic rings. The summed E-state index contributed by atoms with van der Waals surface area (Å²) in [6.45, 7) is 2.67. The minimum Gasteiger partial charge on any atom is -0.477 e. The van der Waals surface area contributed by atoms with Crippen LogP contribution < -0.4 is 11.3 Å². The summed E-state index contributed by atoms with van der Waals surface area (Å²) in [5.41, 5.74) is 10.1. The number of pyridine rings is 1. The van der Waals surface area contributed by atoms with Gasteiger partial charge in [0.05, 0.1) is 5.69 Å². The molecule has 1 aliphatic carbocycles. The molecule has 0 saturated heterocycles. The molecule has 1 fully saturated rings. The van der Waals surface area contributed by atoms with Crippen molar-refractivity contribution in [3.8, 4) is 11.3 Å². The first-order valence-corrected chi connectivity index (χ1v) is 10.2. The second kappa shape index (κ2) is 7.19. The van der Waals surface area contributed by atoms with Crippen molar-refractivity contribution < 1.29 is 9.90 Å². The number of H-pyrrole nitrogens is 1. The zero-order chi connectivity index (χ0) is 20.8. The summed E-state index contributed by atoms with van der Waals surface area (Å²) < 4.78 is 2.28. The topological polar surface area (TPSA) is 101 Å². The Bertz CT molecular complexity index is 1150. The van der Waals surface area contributed by atoms with Crippen LogP contribution in [-0.2, 0) is 18.9 Å². The van der Waals surface area contributed by atoms with Crippen LogP contribution in [0.5, 0.6) is 0 Å². The number of aromatic nitrogens is 2. The largest absolute Gasteiger partial charge is 0.477 e. The molecular weight excluding hydrogens is 366 g/mol. The maximum absolute atomic E-state index is 12.2. The van der Waals surface area contributed by atoms with Gasteiger partial charge in [-0.1, -0.05) is 13.0 Å². The van der Waals surface area contributed by atoms with Crippen LogP contribution >= 0.6 is 0 Å². The van der Waals surface area contributed by atoms with Crippen molar-refractivity contribution in [2.24, 2.45) is 12.8 Å². The minimum atomic E-state index is -1.21. The van der Waals surface area contributed by atoms with E-state index in [4.69, 9.17) is 5.73 Å². The standard InChI is InChI=1S/C23H27N3O3/c1-3-14-12-17(22(28)29)21(27)25-20(14)15-5-6-18-16(11-15)13-19(26(18)2)23(8-9-23)7-4-10-24/h5-6,11-13H,3-4,7-10,24H2,1-2H3,(H,25,27)(H,28,29). The molecule has 0 radical (unpaired) electrons. The van der Waals surface area contributed by atoms with E-state index in [1.54, 1.807) is 0 Å². The molecule has 6 nitrogen and oxygen atoms in total. The Morgan fingerprint density at radius 1 is 1.28 bits per heavy atom. The van der Waals surface area contributed by atoms with Crippen LogP contribution in [0.25, 0.3) is 22.2 Å². The van der Waals surface area contributed by atoms with Gasteiger partial charge in [-0.2, -0.15) is 0 Å². The third kappa shape index (κ3) is 3.27. The summed E-state index contributed by atoms with van der Waals surface area (Å²) in [4.78, 5) is 26.3. The van der Waals surface area contributed by atoms with Crippen LogP contribution in [0.4, 0.5) is 0 Å². The Hall–Kier alpha value is -2.86. The molecule has 0 bridgehead atoms. The Morgan fingerprint density at radius 2 is 2.03 bits per heavy atom. The fourth-order valence-electron chi connectivity index (χ4n) is 4.51. The molecule has 0 aliphatic heterocycles. The molecule has 0 amide bonds. The van der Waals surface area contributed by atoms with E-state index in [-0.39, 0.29) is 11.0 Å². The van der Waals surface area contributed by atoms with Crippen molar-refractivity contribution in [2.75, 3.05) is 6.54 Å². The number of aryl methyl sites for hydroxylation is 2. The summed E-state index contributed by atoms with van der Waals surface area (Å²) in [6, 6.07) is 9.91. The summed E-state index contributed by atoms with van der Waals surface area (Å²) in [7, 11) is 2.11. The molecule has 4 N–H and O–H groups in total. The van der Waals surface area contributed by atoms with E-state index in [0.29, 0.717) is 12.1 Å². The Labute approximate surface area is 169 Å². The highest BCUT2D eigenvalue weighted by Crippen LogP contribution is 2.52. The van der Waals surface area contributed by atoms with Gasteiger partial charge < -0.3 is 20.4 Å². The van der Waals surface area contributed by atoms with Crippen LogP contribution in [0.1, 0.15) is 54.2 Å². The lowest BCUT2D eigenvalue weighted by molar-refractivity contribution is 0.0695. The summed E-state index contributed by atoms with van der Waals surface area (Å²) in [5.74, 6) is -1.21. The Kier molecular flexibility index (Phi) is 4.82. The maximum Gasteiger partial charge on any atom is 0.341 e. The number of aromatic amines is 1. The molecule has 1 aromatic carbocycles. The number of carboxylic acid groups (broad SMARTS) is 1. The number of rotatable bonds is 7. The molecule has 4 rings (SSSR count). The number of hydrogen-bond donors (Lipinski definition) is 3. The van der Waals surface area contributed by atoms with Gasteiger partial charge in [-0.25, -0.2) is 4.79 Å². The van der Waals surface area contributed by atoms with E-state index in [9.17, 15) is 14.7 Å². The lowest BCUT2D eigenvalue weighted by Gasteiger charge is -2.16. The average Bonchev–Trinajstić information content (AvgIpc) is 3.42. The van der Waals surface area contributed by atoms with E-state index in [1.807, 2.05) is 13.0 Å². The molecule has 2 aromatic heterocycles. The lowest BCUT2D eigenvalue weighted by atomic mass is 9.95. The fourth-order valence-corrected chi connectivity index (χ4v) is 4.51. The number of nitrogens with zero attached hydrogens (tertiary/aromatic N) is 1. The minimum absolute atomic E-state index is 0.218. The van der Waals surface area contributed by atoms with Gasteiger partial charge in [-0.3, -0.25) is 4.79 Å². The molecular formula is C23H27N3O3. The van der Waals surface area contributed by atoms with Gasteiger partial charge in [0.2, 0.25) is 0 Å². The SMILES string of the molecule is CCc1cc(C(=O)O)c(=O)[nH]c1-c1ccc2c(c1)cc(C1(CCCN)CC1)n2C. The molecule has 1 aliphatic rings. The van der Waals surface area contributed by atoms with Crippen LogP contribution in [0.15, 0.2) is 35.1 Å². The third-order valence-electron chi connectivity index (χ3n) is 6.32. The monoisotopic (exact) mass is 393 g/mol. The Morgan fingerprint density at radius 3 is 2.66 bits per heavy atom. The highest BCUT2D eigenvalue weighted by Gasteiger charge is 2.45. The van der Waals surface area contributed by atoms with Crippen molar-refractivity contribution in [3.05, 3.63) is 57.5 Å². The van der Waals surface area contributed by atoms with Gasteiger partial charge >= 0.3 is 5.97 Å². The smallest absolute Gasteiger partial charge is 0.341 e. The molecule has 0 unspecified atom stereocenters. The van der Waals surface area contributed by atoms with Gasteiger partial charge in [0.25, 0.3) is 5.56 Å². The van der Waals surface area contributed by atoms with Gasteiger partial charge in [-0.05, 0) is 74.0 Å². The maximum atomic E-state index is 12.2. The van der Waals surface area contributed by atoms with E-state index in [2.05, 4.69) is 34.8 Å². The van der Waals surface area contributed by atoms with Gasteiger partial charge in [0, 0.05) is 29.1 Å². The third-order valence-corrected chi connectivity index (χ3v) is 6.32. The van der Waals surface area contributed by atoms with Crippen molar-refractivity contribution in [1.29, 1.82) is 0 Å². The number of carbonyl (C=O) groups is 1. The van der Waals surface area contributed by atoms with Crippen LogP contribution in [0.2, 0.25) is 0 Å². The first-order chi connectivity index (χ1) is 13.9. The van der Waals surface area contributed by atoms with E-state index < -0.39 is 11.5 Å². The zero-order valence-corrected chi connectivity index (χ0v) is 16.9. The molecule has 152 valence electrons. The van der Waals surface area contributed by atoms with Gasteiger partial charge in [-0.15, -0.1) is 0 Å². The molecule has 2 heterocycles. The number of carboxylic acids is 1. The fraction of sp³-hybridized carbons (Fsp3) is 0.391. The number of fused-ring (bicyclic) bond motifs is 1. The summed E-state index contributed by atoms with van der Waals surface area (Å²) in [5, 5.41) is 10.4. The highest BCUT2D eigenvalue weighted by atomic mass is 16.4. The number of aromatic carboxylic acids is 1. The highest BCUT2D eigenvalue weighted by molar-refractivity contribution is 5.89. The van der Waals surface area contributed by atoms with Crippen molar-refractivity contribution >= 4 is 16.9 Å². The summed E-state index contributed by atoms with van der Waals surface area (Å²) in [6.07, 6.45) is 5.18. The Balaban J connectivity index is 1.80. The molecule has 1 saturated carbocycles. The number of hydrogen-bond acceptors (Lipinski definition) is 3. The van der Waals surface area contributed by atoms with Crippen LogP contribution in [-0.4, -0.2) is 27.2 Å². The first kappa shape index (κ1) is 19.5. The molecule has 0 spiro atoms. The number of nitrogens with two attached hydrogens (primary N) is 1.